The smallest absolute Gasteiger partial charge is 0.309 e. The number of hydrogen-bond acceptors (Lipinski definition) is 4. The molecule has 0 spiro atoms. The zero-order chi connectivity index (χ0) is 12.0. The molecule has 1 N–H and O–H groups in total. The Bertz CT molecular complexity index is 338. The first-order valence-electron chi connectivity index (χ1n) is 5.60. The van der Waals surface area contributed by atoms with E-state index < -0.39 is 0 Å². The normalized spacial score (nSPS) is 12.6. The maximum absolute atomic E-state index is 10.5. The second-order valence-electron chi connectivity index (χ2n) is 3.92. The predicted octanol–water partition coefficient (Wildman–Crippen LogP) is 3.32. The van der Waals surface area contributed by atoms with Gasteiger partial charge in [-0.25, -0.2) is 0 Å². The molecule has 0 aliphatic rings. The molecule has 1 atom stereocenters. The summed E-state index contributed by atoms with van der Waals surface area (Å²) in [6.07, 6.45) is 3.58. The lowest BCUT2D eigenvalue weighted by Gasteiger charge is -2.11. The van der Waals surface area contributed by atoms with Gasteiger partial charge in [-0.3, -0.25) is 10.1 Å². The summed E-state index contributed by atoms with van der Waals surface area (Å²) in [5, 5.41) is 14.1. The van der Waals surface area contributed by atoms with Gasteiger partial charge in [0, 0.05) is 23.5 Å². The zero-order valence-electron chi connectivity index (χ0n) is 9.73. The lowest BCUT2D eigenvalue weighted by molar-refractivity contribution is -0.380. The molecule has 0 aliphatic carbocycles. The van der Waals surface area contributed by atoms with Crippen LogP contribution in [-0.4, -0.2) is 11.0 Å². The SMILES string of the molecule is CCCCC(C)NCc1ccc([N+](=O)[O-])s1. The average molecular weight is 242 g/mol. The summed E-state index contributed by atoms with van der Waals surface area (Å²) >= 11 is 1.25. The predicted molar refractivity (Wildman–Crippen MR) is 66.8 cm³/mol. The van der Waals surface area contributed by atoms with Crippen molar-refractivity contribution in [3.8, 4) is 0 Å². The third kappa shape index (κ3) is 4.28. The average Bonchev–Trinajstić information content (AvgIpc) is 2.72. The van der Waals surface area contributed by atoms with Crippen molar-refractivity contribution < 1.29 is 4.92 Å². The lowest BCUT2D eigenvalue weighted by Crippen LogP contribution is -2.24. The number of nitrogens with zero attached hydrogens (tertiary/aromatic N) is 1. The highest BCUT2D eigenvalue weighted by molar-refractivity contribution is 7.15. The van der Waals surface area contributed by atoms with Crippen LogP contribution in [-0.2, 0) is 6.54 Å². The Morgan fingerprint density at radius 1 is 1.56 bits per heavy atom. The minimum Gasteiger partial charge on any atom is -0.309 e. The van der Waals surface area contributed by atoms with Crippen LogP contribution in [0.5, 0.6) is 0 Å². The lowest BCUT2D eigenvalue weighted by atomic mass is 10.1. The molecule has 1 aromatic heterocycles. The minimum absolute atomic E-state index is 0.220. The van der Waals surface area contributed by atoms with Crippen molar-refractivity contribution in [3.63, 3.8) is 0 Å². The van der Waals surface area contributed by atoms with Gasteiger partial charge in [-0.15, -0.1) is 0 Å². The van der Waals surface area contributed by atoms with Gasteiger partial charge in [-0.05, 0) is 19.4 Å². The van der Waals surface area contributed by atoms with Gasteiger partial charge in [-0.2, -0.15) is 0 Å². The largest absolute Gasteiger partial charge is 0.324 e. The Hall–Kier alpha value is -0.940. The zero-order valence-corrected chi connectivity index (χ0v) is 10.5. The number of thiophene rings is 1. The van der Waals surface area contributed by atoms with Crippen molar-refractivity contribution in [2.45, 2.75) is 45.7 Å². The quantitative estimate of drug-likeness (QED) is 0.589. The first kappa shape index (κ1) is 13.1. The molecule has 0 bridgehead atoms. The van der Waals surface area contributed by atoms with E-state index in [0.717, 1.165) is 17.8 Å². The molecule has 4 nitrogen and oxygen atoms in total. The van der Waals surface area contributed by atoms with E-state index in [0.29, 0.717) is 6.04 Å². The molecule has 0 saturated carbocycles. The maximum atomic E-state index is 10.5. The van der Waals surface area contributed by atoms with Gasteiger partial charge in [0.25, 0.3) is 0 Å². The molecule has 0 amide bonds. The van der Waals surface area contributed by atoms with Crippen LogP contribution in [0, 0.1) is 10.1 Å². The molecule has 1 unspecified atom stereocenters. The molecule has 0 saturated heterocycles. The van der Waals surface area contributed by atoms with Gasteiger partial charge in [0.1, 0.15) is 0 Å². The van der Waals surface area contributed by atoms with Crippen molar-refractivity contribution in [1.82, 2.24) is 5.32 Å². The number of rotatable bonds is 7. The molecular formula is C11H18N2O2S. The van der Waals surface area contributed by atoms with Crippen LogP contribution >= 0.6 is 11.3 Å². The first-order chi connectivity index (χ1) is 7.63. The summed E-state index contributed by atoms with van der Waals surface area (Å²) in [7, 11) is 0. The summed E-state index contributed by atoms with van der Waals surface area (Å²) in [6, 6.07) is 3.86. The Morgan fingerprint density at radius 2 is 2.31 bits per heavy atom. The Balaban J connectivity index is 2.33. The van der Waals surface area contributed by atoms with Gasteiger partial charge in [0.15, 0.2) is 0 Å². The van der Waals surface area contributed by atoms with E-state index in [9.17, 15) is 10.1 Å². The molecule has 16 heavy (non-hydrogen) atoms. The Morgan fingerprint density at radius 3 is 2.88 bits per heavy atom. The van der Waals surface area contributed by atoms with Gasteiger partial charge < -0.3 is 5.32 Å². The summed E-state index contributed by atoms with van der Waals surface area (Å²) in [5.41, 5.74) is 0. The van der Waals surface area contributed by atoms with Crippen LogP contribution in [0.2, 0.25) is 0 Å². The second-order valence-corrected chi connectivity index (χ2v) is 5.07. The summed E-state index contributed by atoms with van der Waals surface area (Å²) < 4.78 is 0. The van der Waals surface area contributed by atoms with Crippen LogP contribution in [0.15, 0.2) is 12.1 Å². The number of unbranched alkanes of at least 4 members (excludes halogenated alkanes) is 1. The van der Waals surface area contributed by atoms with Crippen molar-refractivity contribution in [2.75, 3.05) is 0 Å². The minimum atomic E-state index is -0.339. The molecule has 1 rings (SSSR count). The van der Waals surface area contributed by atoms with Crippen molar-refractivity contribution >= 4 is 16.3 Å². The van der Waals surface area contributed by atoms with E-state index in [-0.39, 0.29) is 9.92 Å². The molecule has 0 radical (unpaired) electrons. The molecule has 0 aliphatic heterocycles. The molecular weight excluding hydrogens is 224 g/mol. The van der Waals surface area contributed by atoms with E-state index in [4.69, 9.17) is 0 Å². The Labute approximate surface area is 99.8 Å². The molecule has 5 heteroatoms. The number of nitro groups is 1. The van der Waals surface area contributed by atoms with Gasteiger partial charge in [-0.1, -0.05) is 31.1 Å². The Kier molecular flexibility index (Phi) is 5.42. The molecule has 1 aromatic rings. The summed E-state index contributed by atoms with van der Waals surface area (Å²) in [5.74, 6) is 0. The van der Waals surface area contributed by atoms with Crippen LogP contribution in [0.1, 0.15) is 38.0 Å². The van der Waals surface area contributed by atoms with E-state index in [1.807, 2.05) is 6.07 Å². The van der Waals surface area contributed by atoms with E-state index in [1.54, 1.807) is 6.07 Å². The maximum Gasteiger partial charge on any atom is 0.324 e. The van der Waals surface area contributed by atoms with Crippen LogP contribution in [0.3, 0.4) is 0 Å². The van der Waals surface area contributed by atoms with E-state index in [2.05, 4.69) is 19.2 Å². The third-order valence-corrected chi connectivity index (χ3v) is 3.48. The standard InChI is InChI=1S/C11H18N2O2S/c1-3-4-5-9(2)12-8-10-6-7-11(16-10)13(14)15/h6-7,9,12H,3-5,8H2,1-2H3. The monoisotopic (exact) mass is 242 g/mol. The van der Waals surface area contributed by atoms with Crippen LogP contribution < -0.4 is 5.32 Å². The number of nitrogens with one attached hydrogen (secondary N) is 1. The summed E-state index contributed by atoms with van der Waals surface area (Å²) in [4.78, 5) is 11.2. The number of hydrogen-bond donors (Lipinski definition) is 1. The highest BCUT2D eigenvalue weighted by atomic mass is 32.1. The van der Waals surface area contributed by atoms with Gasteiger partial charge in [0.05, 0.1) is 4.92 Å². The summed E-state index contributed by atoms with van der Waals surface area (Å²) in [6.45, 7) is 5.05. The van der Waals surface area contributed by atoms with Gasteiger partial charge >= 0.3 is 5.00 Å². The van der Waals surface area contributed by atoms with Crippen molar-refractivity contribution in [2.24, 2.45) is 0 Å². The fourth-order valence-corrected chi connectivity index (χ4v) is 2.22. The molecule has 1 heterocycles. The molecule has 0 aromatic carbocycles. The fraction of sp³-hybridized carbons (Fsp3) is 0.636. The van der Waals surface area contributed by atoms with Crippen LogP contribution in [0.25, 0.3) is 0 Å². The molecule has 90 valence electrons. The van der Waals surface area contributed by atoms with Crippen LogP contribution in [0.4, 0.5) is 5.00 Å². The van der Waals surface area contributed by atoms with Crippen molar-refractivity contribution in [3.05, 3.63) is 27.1 Å². The van der Waals surface area contributed by atoms with E-state index in [1.165, 1.54) is 24.2 Å². The topological polar surface area (TPSA) is 55.2 Å². The molecule has 0 fully saturated rings. The fourth-order valence-electron chi connectivity index (χ4n) is 1.45. The highest BCUT2D eigenvalue weighted by Crippen LogP contribution is 2.23. The second kappa shape index (κ2) is 6.60. The van der Waals surface area contributed by atoms with Crippen molar-refractivity contribution in [1.29, 1.82) is 0 Å². The first-order valence-corrected chi connectivity index (χ1v) is 6.41. The van der Waals surface area contributed by atoms with E-state index >= 15 is 0 Å². The highest BCUT2D eigenvalue weighted by Gasteiger charge is 2.09. The van der Waals surface area contributed by atoms with Gasteiger partial charge in [0.2, 0.25) is 0 Å². The third-order valence-electron chi connectivity index (χ3n) is 2.44.